The Hall–Kier alpha value is -2.47. The number of rotatable bonds is 4. The molecule has 0 saturated carbocycles. The predicted octanol–water partition coefficient (Wildman–Crippen LogP) is 3.06. The van der Waals surface area contributed by atoms with Crippen molar-refractivity contribution in [1.29, 1.82) is 0 Å². The van der Waals surface area contributed by atoms with Crippen molar-refractivity contribution in [3.8, 4) is 5.75 Å². The van der Waals surface area contributed by atoms with E-state index in [1.54, 1.807) is 19.2 Å². The summed E-state index contributed by atoms with van der Waals surface area (Å²) in [5.74, 6) is 0.567. The Labute approximate surface area is 144 Å². The number of thioether (sulfide) groups is 1. The van der Waals surface area contributed by atoms with Crippen LogP contribution in [-0.4, -0.2) is 24.2 Å². The minimum atomic E-state index is -0.175. The third-order valence-corrected chi connectivity index (χ3v) is 4.96. The van der Waals surface area contributed by atoms with Crippen LogP contribution in [0.15, 0.2) is 47.4 Å². The van der Waals surface area contributed by atoms with Crippen molar-refractivity contribution in [3.05, 3.63) is 53.6 Å². The van der Waals surface area contributed by atoms with Gasteiger partial charge in [0.05, 0.1) is 18.0 Å². The second-order valence-electron chi connectivity index (χ2n) is 5.49. The standard InChI is InChI=1S/C18H18N2O3S/c1-11-17(21)20-15-9-13(5-8-16(15)24-11)18(22)19-10-12-3-6-14(23-2)7-4-12/h3-9,11H,10H2,1-2H3,(H,19,22)(H,20,21). The summed E-state index contributed by atoms with van der Waals surface area (Å²) in [7, 11) is 1.62. The molecular weight excluding hydrogens is 324 g/mol. The molecule has 1 aliphatic rings. The maximum absolute atomic E-state index is 12.3. The lowest BCUT2D eigenvalue weighted by atomic mass is 10.1. The average molecular weight is 342 g/mol. The molecule has 6 heteroatoms. The van der Waals surface area contributed by atoms with E-state index >= 15 is 0 Å². The summed E-state index contributed by atoms with van der Waals surface area (Å²) in [5, 5.41) is 5.60. The minimum Gasteiger partial charge on any atom is -0.497 e. The number of anilines is 1. The highest BCUT2D eigenvalue weighted by Gasteiger charge is 2.23. The molecular formula is C18H18N2O3S. The fourth-order valence-corrected chi connectivity index (χ4v) is 3.31. The second kappa shape index (κ2) is 6.97. The van der Waals surface area contributed by atoms with E-state index in [1.165, 1.54) is 11.8 Å². The Morgan fingerprint density at radius 1 is 1.25 bits per heavy atom. The van der Waals surface area contributed by atoms with Crippen LogP contribution in [0.5, 0.6) is 5.75 Å². The van der Waals surface area contributed by atoms with Crippen molar-refractivity contribution in [1.82, 2.24) is 5.32 Å². The zero-order valence-corrected chi connectivity index (χ0v) is 14.3. The number of methoxy groups -OCH3 is 1. The van der Waals surface area contributed by atoms with E-state index in [-0.39, 0.29) is 17.1 Å². The molecule has 5 nitrogen and oxygen atoms in total. The number of hydrogen-bond donors (Lipinski definition) is 2. The first-order chi connectivity index (χ1) is 11.6. The molecule has 2 aromatic carbocycles. The SMILES string of the molecule is COc1ccc(CNC(=O)c2ccc3c(c2)NC(=O)C(C)S3)cc1. The molecule has 1 heterocycles. The predicted molar refractivity (Wildman–Crippen MR) is 94.6 cm³/mol. The third-order valence-electron chi connectivity index (χ3n) is 3.78. The van der Waals surface area contributed by atoms with Crippen molar-refractivity contribution in [2.45, 2.75) is 23.6 Å². The maximum Gasteiger partial charge on any atom is 0.251 e. The number of nitrogens with one attached hydrogen (secondary N) is 2. The van der Waals surface area contributed by atoms with Crippen molar-refractivity contribution in [2.24, 2.45) is 0 Å². The lowest BCUT2D eigenvalue weighted by Crippen LogP contribution is -2.27. The van der Waals surface area contributed by atoms with Gasteiger partial charge in [-0.3, -0.25) is 9.59 Å². The fourth-order valence-electron chi connectivity index (χ4n) is 2.38. The molecule has 0 bridgehead atoms. The molecule has 2 aromatic rings. The van der Waals surface area contributed by atoms with E-state index < -0.39 is 0 Å². The normalized spacial score (nSPS) is 16.1. The summed E-state index contributed by atoms with van der Waals surface area (Å²) in [5.41, 5.74) is 2.21. The molecule has 1 unspecified atom stereocenters. The molecule has 1 atom stereocenters. The molecule has 0 saturated heterocycles. The van der Waals surface area contributed by atoms with Crippen LogP contribution < -0.4 is 15.4 Å². The first kappa shape index (κ1) is 16.4. The summed E-state index contributed by atoms with van der Waals surface area (Å²) in [6.45, 7) is 2.29. The summed E-state index contributed by atoms with van der Waals surface area (Å²) in [4.78, 5) is 25.1. The smallest absolute Gasteiger partial charge is 0.251 e. The van der Waals surface area contributed by atoms with Crippen LogP contribution >= 0.6 is 11.8 Å². The van der Waals surface area contributed by atoms with Crippen LogP contribution in [0.1, 0.15) is 22.8 Å². The summed E-state index contributed by atoms with van der Waals surface area (Å²) in [6, 6.07) is 12.9. The Morgan fingerprint density at radius 2 is 2.00 bits per heavy atom. The van der Waals surface area contributed by atoms with Gasteiger partial charge in [0.15, 0.2) is 0 Å². The quantitative estimate of drug-likeness (QED) is 0.896. The van der Waals surface area contributed by atoms with Gasteiger partial charge < -0.3 is 15.4 Å². The Bertz CT molecular complexity index is 774. The van der Waals surface area contributed by atoms with Gasteiger partial charge in [-0.1, -0.05) is 12.1 Å². The Balaban J connectivity index is 1.67. The number of amides is 2. The molecule has 24 heavy (non-hydrogen) atoms. The van der Waals surface area contributed by atoms with Crippen molar-refractivity contribution < 1.29 is 14.3 Å². The van der Waals surface area contributed by atoms with Gasteiger partial charge in [-0.2, -0.15) is 0 Å². The van der Waals surface area contributed by atoms with Crippen LogP contribution in [0.2, 0.25) is 0 Å². The van der Waals surface area contributed by atoms with Crippen LogP contribution in [0.4, 0.5) is 5.69 Å². The highest BCUT2D eigenvalue weighted by molar-refractivity contribution is 8.00. The molecule has 2 amide bonds. The van der Waals surface area contributed by atoms with Crippen LogP contribution in [0, 0.1) is 0 Å². The first-order valence-electron chi connectivity index (χ1n) is 7.59. The Morgan fingerprint density at radius 3 is 2.71 bits per heavy atom. The summed E-state index contributed by atoms with van der Waals surface area (Å²) < 4.78 is 5.11. The molecule has 0 radical (unpaired) electrons. The molecule has 3 rings (SSSR count). The summed E-state index contributed by atoms with van der Waals surface area (Å²) >= 11 is 1.50. The average Bonchev–Trinajstić information content (AvgIpc) is 2.60. The number of fused-ring (bicyclic) bond motifs is 1. The number of carbonyl (C=O) groups is 2. The van der Waals surface area contributed by atoms with Gasteiger partial charge >= 0.3 is 0 Å². The van der Waals surface area contributed by atoms with E-state index in [1.807, 2.05) is 37.3 Å². The van der Waals surface area contributed by atoms with Gasteiger partial charge in [0.1, 0.15) is 5.75 Å². The number of carbonyl (C=O) groups excluding carboxylic acids is 2. The maximum atomic E-state index is 12.3. The van der Waals surface area contributed by atoms with Crippen LogP contribution in [-0.2, 0) is 11.3 Å². The Kier molecular flexibility index (Phi) is 4.76. The molecule has 0 spiro atoms. The first-order valence-corrected chi connectivity index (χ1v) is 8.47. The topological polar surface area (TPSA) is 67.4 Å². The van der Waals surface area contributed by atoms with Gasteiger partial charge in [-0.15, -0.1) is 11.8 Å². The fraction of sp³-hybridized carbons (Fsp3) is 0.222. The molecule has 0 aromatic heterocycles. The highest BCUT2D eigenvalue weighted by Crippen LogP contribution is 2.35. The van der Waals surface area contributed by atoms with E-state index in [2.05, 4.69) is 10.6 Å². The monoisotopic (exact) mass is 342 g/mol. The lowest BCUT2D eigenvalue weighted by molar-refractivity contribution is -0.115. The van der Waals surface area contributed by atoms with Gasteiger partial charge in [0, 0.05) is 17.0 Å². The zero-order valence-electron chi connectivity index (χ0n) is 13.5. The highest BCUT2D eigenvalue weighted by atomic mass is 32.2. The van der Waals surface area contributed by atoms with E-state index in [0.29, 0.717) is 17.8 Å². The molecule has 1 aliphatic heterocycles. The van der Waals surface area contributed by atoms with Crippen molar-refractivity contribution in [3.63, 3.8) is 0 Å². The van der Waals surface area contributed by atoms with Crippen molar-refractivity contribution >= 4 is 29.3 Å². The van der Waals surface area contributed by atoms with Gasteiger partial charge in [-0.25, -0.2) is 0 Å². The van der Waals surface area contributed by atoms with Gasteiger partial charge in [0.2, 0.25) is 5.91 Å². The van der Waals surface area contributed by atoms with Crippen LogP contribution in [0.25, 0.3) is 0 Å². The van der Waals surface area contributed by atoms with Gasteiger partial charge in [-0.05, 0) is 42.8 Å². The minimum absolute atomic E-state index is 0.0386. The van der Waals surface area contributed by atoms with Crippen LogP contribution in [0.3, 0.4) is 0 Å². The molecule has 0 aliphatic carbocycles. The number of hydrogen-bond acceptors (Lipinski definition) is 4. The molecule has 2 N–H and O–H groups in total. The molecule has 0 fully saturated rings. The zero-order chi connectivity index (χ0) is 17.1. The third kappa shape index (κ3) is 3.54. The second-order valence-corrected chi connectivity index (χ2v) is 6.87. The molecule has 124 valence electrons. The lowest BCUT2D eigenvalue weighted by Gasteiger charge is -2.21. The van der Waals surface area contributed by atoms with E-state index in [9.17, 15) is 9.59 Å². The van der Waals surface area contributed by atoms with E-state index in [4.69, 9.17) is 4.74 Å². The van der Waals surface area contributed by atoms with Crippen molar-refractivity contribution in [2.75, 3.05) is 12.4 Å². The summed E-state index contributed by atoms with van der Waals surface area (Å²) in [6.07, 6.45) is 0. The van der Waals surface area contributed by atoms with Gasteiger partial charge in [0.25, 0.3) is 5.91 Å². The van der Waals surface area contributed by atoms with E-state index in [0.717, 1.165) is 16.2 Å². The number of ether oxygens (including phenoxy) is 1. The number of benzene rings is 2. The largest absolute Gasteiger partial charge is 0.497 e.